The van der Waals surface area contributed by atoms with Crippen LogP contribution in [0.15, 0.2) is 23.7 Å². The zero-order valence-corrected chi connectivity index (χ0v) is 10.2. The van der Waals surface area contributed by atoms with Gasteiger partial charge in [-0.15, -0.1) is 11.3 Å². The molecule has 1 aromatic heterocycles. The van der Waals surface area contributed by atoms with Crippen LogP contribution in [-0.2, 0) is 13.0 Å². The van der Waals surface area contributed by atoms with E-state index in [0.717, 1.165) is 23.6 Å². The van der Waals surface area contributed by atoms with Crippen LogP contribution in [0.1, 0.15) is 10.6 Å². The zero-order valence-electron chi connectivity index (χ0n) is 9.42. The molecule has 0 spiro atoms. The Bertz CT molecular complexity index is 491. The van der Waals surface area contributed by atoms with Crippen molar-refractivity contribution in [1.29, 1.82) is 0 Å². The van der Waals surface area contributed by atoms with Gasteiger partial charge in [-0.2, -0.15) is 0 Å². The van der Waals surface area contributed by atoms with Gasteiger partial charge in [0.1, 0.15) is 0 Å². The Labute approximate surface area is 106 Å². The molecule has 0 radical (unpaired) electrons. The third-order valence-electron chi connectivity index (χ3n) is 2.37. The van der Waals surface area contributed by atoms with E-state index in [0.29, 0.717) is 18.7 Å². The van der Waals surface area contributed by atoms with E-state index in [1.54, 1.807) is 17.5 Å². The molecule has 0 amide bonds. The van der Waals surface area contributed by atoms with Gasteiger partial charge >= 0.3 is 0 Å². The van der Waals surface area contributed by atoms with Crippen LogP contribution < -0.4 is 5.32 Å². The lowest BCUT2D eigenvalue weighted by molar-refractivity contribution is 0.444. The smallest absolute Gasteiger partial charge is 0.194 e. The minimum Gasteiger partial charge on any atom is -0.312 e. The number of aromatic nitrogens is 1. The maximum absolute atomic E-state index is 12.9. The Kier molecular flexibility index (Phi) is 4.33. The van der Waals surface area contributed by atoms with Gasteiger partial charge in [0.15, 0.2) is 17.5 Å². The largest absolute Gasteiger partial charge is 0.312 e. The molecule has 1 aromatic carbocycles. The van der Waals surface area contributed by atoms with Gasteiger partial charge in [0.2, 0.25) is 0 Å². The fourth-order valence-electron chi connectivity index (χ4n) is 1.51. The first-order valence-corrected chi connectivity index (χ1v) is 6.27. The Hall–Kier alpha value is -1.40. The quantitative estimate of drug-likeness (QED) is 0.668. The second kappa shape index (κ2) is 5.97. The van der Waals surface area contributed by atoms with Crippen molar-refractivity contribution in [1.82, 2.24) is 10.3 Å². The van der Waals surface area contributed by atoms with Crippen molar-refractivity contribution in [3.05, 3.63) is 51.7 Å². The number of thiazole rings is 1. The number of benzene rings is 1. The predicted octanol–water partition coefficient (Wildman–Crippen LogP) is 2.89. The van der Waals surface area contributed by atoms with E-state index < -0.39 is 17.5 Å². The first-order valence-electron chi connectivity index (χ1n) is 5.39. The van der Waals surface area contributed by atoms with Gasteiger partial charge in [0.25, 0.3) is 0 Å². The summed E-state index contributed by atoms with van der Waals surface area (Å²) in [6.45, 7) is 0.938. The molecule has 0 unspecified atom stereocenters. The third-order valence-corrected chi connectivity index (χ3v) is 3.21. The minimum atomic E-state index is -1.43. The van der Waals surface area contributed by atoms with Crippen LogP contribution in [0.3, 0.4) is 0 Å². The average molecular weight is 272 g/mol. The van der Waals surface area contributed by atoms with Crippen LogP contribution in [0, 0.1) is 17.5 Å². The lowest BCUT2D eigenvalue weighted by atomic mass is 10.2. The summed E-state index contributed by atoms with van der Waals surface area (Å²) < 4.78 is 38.6. The highest BCUT2D eigenvalue weighted by Crippen LogP contribution is 2.13. The third kappa shape index (κ3) is 3.30. The molecule has 0 aliphatic heterocycles. The summed E-state index contributed by atoms with van der Waals surface area (Å²) in [5.74, 6) is -3.75. The van der Waals surface area contributed by atoms with E-state index in [9.17, 15) is 13.2 Å². The zero-order chi connectivity index (χ0) is 13.0. The molecule has 2 rings (SSSR count). The Morgan fingerprint density at radius 1 is 1.17 bits per heavy atom. The Morgan fingerprint density at radius 3 is 2.50 bits per heavy atom. The maximum atomic E-state index is 12.9. The van der Waals surface area contributed by atoms with Crippen LogP contribution in [0.5, 0.6) is 0 Å². The molecule has 0 aliphatic carbocycles. The molecule has 0 fully saturated rings. The van der Waals surface area contributed by atoms with E-state index in [4.69, 9.17) is 0 Å². The SMILES string of the molecule is Fc1cc(CNCCc2nccs2)cc(F)c1F. The van der Waals surface area contributed by atoms with Crippen molar-refractivity contribution in [3.63, 3.8) is 0 Å². The van der Waals surface area contributed by atoms with Crippen LogP contribution in [0.4, 0.5) is 13.2 Å². The van der Waals surface area contributed by atoms with Crippen molar-refractivity contribution in [2.75, 3.05) is 6.54 Å². The first kappa shape index (κ1) is 13.0. The number of hydrogen-bond acceptors (Lipinski definition) is 3. The number of halogens is 3. The number of hydrogen-bond donors (Lipinski definition) is 1. The molecule has 2 nitrogen and oxygen atoms in total. The molecular weight excluding hydrogens is 261 g/mol. The molecule has 0 saturated heterocycles. The average Bonchev–Trinajstić information content (AvgIpc) is 2.84. The van der Waals surface area contributed by atoms with Gasteiger partial charge in [-0.25, -0.2) is 18.2 Å². The summed E-state index contributed by atoms with van der Waals surface area (Å²) in [6.07, 6.45) is 2.48. The monoisotopic (exact) mass is 272 g/mol. The lowest BCUT2D eigenvalue weighted by Gasteiger charge is -2.05. The van der Waals surface area contributed by atoms with Crippen molar-refractivity contribution in [2.45, 2.75) is 13.0 Å². The molecule has 18 heavy (non-hydrogen) atoms. The second-order valence-electron chi connectivity index (χ2n) is 3.73. The van der Waals surface area contributed by atoms with Crippen LogP contribution in [0.2, 0.25) is 0 Å². The van der Waals surface area contributed by atoms with E-state index in [1.165, 1.54) is 0 Å². The molecular formula is C12H11F3N2S. The van der Waals surface area contributed by atoms with Crippen molar-refractivity contribution < 1.29 is 13.2 Å². The van der Waals surface area contributed by atoms with Crippen molar-refractivity contribution >= 4 is 11.3 Å². The molecule has 6 heteroatoms. The fourth-order valence-corrected chi connectivity index (χ4v) is 2.13. The molecule has 1 heterocycles. The maximum Gasteiger partial charge on any atom is 0.194 e. The number of rotatable bonds is 5. The van der Waals surface area contributed by atoms with Gasteiger partial charge in [-0.05, 0) is 17.7 Å². The molecule has 0 aliphatic rings. The highest BCUT2D eigenvalue weighted by atomic mass is 32.1. The number of nitrogens with zero attached hydrogens (tertiary/aromatic N) is 1. The van der Waals surface area contributed by atoms with Gasteiger partial charge in [0, 0.05) is 31.1 Å². The molecule has 96 valence electrons. The van der Waals surface area contributed by atoms with Crippen LogP contribution in [-0.4, -0.2) is 11.5 Å². The fraction of sp³-hybridized carbons (Fsp3) is 0.250. The summed E-state index contributed by atoms with van der Waals surface area (Å²) in [7, 11) is 0. The summed E-state index contributed by atoms with van der Waals surface area (Å²) in [4.78, 5) is 4.11. The van der Waals surface area contributed by atoms with Crippen LogP contribution >= 0.6 is 11.3 Å². The lowest BCUT2D eigenvalue weighted by Crippen LogP contribution is -2.17. The molecule has 0 bridgehead atoms. The minimum absolute atomic E-state index is 0.291. The van der Waals surface area contributed by atoms with E-state index in [1.807, 2.05) is 5.38 Å². The summed E-state index contributed by atoms with van der Waals surface area (Å²) >= 11 is 1.56. The highest BCUT2D eigenvalue weighted by molar-refractivity contribution is 7.09. The number of nitrogens with one attached hydrogen (secondary N) is 1. The normalized spacial score (nSPS) is 10.8. The molecule has 2 aromatic rings. The molecule has 0 saturated carbocycles. The second-order valence-corrected chi connectivity index (χ2v) is 4.71. The van der Waals surface area contributed by atoms with Gasteiger partial charge in [0.05, 0.1) is 5.01 Å². The van der Waals surface area contributed by atoms with Gasteiger partial charge in [-0.3, -0.25) is 0 Å². The van der Waals surface area contributed by atoms with E-state index in [2.05, 4.69) is 10.3 Å². The molecule has 0 atom stereocenters. The summed E-state index contributed by atoms with van der Waals surface area (Å²) in [5, 5.41) is 5.91. The van der Waals surface area contributed by atoms with Crippen LogP contribution in [0.25, 0.3) is 0 Å². The Balaban J connectivity index is 1.83. The van der Waals surface area contributed by atoms with Crippen molar-refractivity contribution in [2.24, 2.45) is 0 Å². The summed E-state index contributed by atoms with van der Waals surface area (Å²) in [6, 6.07) is 1.99. The summed E-state index contributed by atoms with van der Waals surface area (Å²) in [5.41, 5.74) is 0.380. The molecule has 1 N–H and O–H groups in total. The first-order chi connectivity index (χ1) is 8.66. The van der Waals surface area contributed by atoms with E-state index in [-0.39, 0.29) is 0 Å². The van der Waals surface area contributed by atoms with Crippen molar-refractivity contribution in [3.8, 4) is 0 Å². The Morgan fingerprint density at radius 2 is 1.89 bits per heavy atom. The standard InChI is InChI=1S/C12H11F3N2S/c13-9-5-8(6-10(14)12(9)15)7-16-2-1-11-17-3-4-18-11/h3-6,16H,1-2,7H2. The van der Waals surface area contributed by atoms with Gasteiger partial charge < -0.3 is 5.32 Å². The topological polar surface area (TPSA) is 24.9 Å². The van der Waals surface area contributed by atoms with Gasteiger partial charge in [-0.1, -0.05) is 0 Å². The predicted molar refractivity (Wildman–Crippen MR) is 63.8 cm³/mol. The highest BCUT2D eigenvalue weighted by Gasteiger charge is 2.09. The van der Waals surface area contributed by atoms with E-state index >= 15 is 0 Å².